The molecule has 1 aromatic heterocycles. The van der Waals surface area contributed by atoms with Crippen molar-refractivity contribution in [3.05, 3.63) is 18.0 Å². The van der Waals surface area contributed by atoms with E-state index in [0.29, 0.717) is 5.92 Å². The van der Waals surface area contributed by atoms with E-state index in [1.165, 1.54) is 0 Å². The Hall–Kier alpha value is -1.32. The molecule has 0 atom stereocenters. The quantitative estimate of drug-likeness (QED) is 0.735. The van der Waals surface area contributed by atoms with Crippen LogP contribution in [0.5, 0.6) is 0 Å². The molecule has 4 nitrogen and oxygen atoms in total. The lowest BCUT2D eigenvalue weighted by Crippen LogP contribution is -2.26. The van der Waals surface area contributed by atoms with E-state index in [1.54, 1.807) is 0 Å². The summed E-state index contributed by atoms with van der Waals surface area (Å²) in [7, 11) is 0. The van der Waals surface area contributed by atoms with Crippen molar-refractivity contribution in [3.8, 4) is 0 Å². The summed E-state index contributed by atoms with van der Waals surface area (Å²) in [6, 6.07) is 1.99. The first-order valence-corrected chi connectivity index (χ1v) is 5.53. The van der Waals surface area contributed by atoms with E-state index in [9.17, 15) is 4.79 Å². The van der Waals surface area contributed by atoms with Gasteiger partial charge < -0.3 is 5.32 Å². The number of aromatic nitrogens is 2. The minimum absolute atomic E-state index is 0.228. The van der Waals surface area contributed by atoms with Gasteiger partial charge >= 0.3 is 0 Å². The summed E-state index contributed by atoms with van der Waals surface area (Å²) in [6.45, 7) is 3.61. The minimum atomic E-state index is 0.228. The molecule has 1 saturated carbocycles. The number of rotatable bonds is 5. The van der Waals surface area contributed by atoms with E-state index in [2.05, 4.69) is 10.4 Å². The van der Waals surface area contributed by atoms with E-state index < -0.39 is 0 Å². The number of hydrogen-bond acceptors (Lipinski definition) is 2. The number of carbonyl (C=O) groups is 1. The van der Waals surface area contributed by atoms with E-state index >= 15 is 0 Å². The third-order valence-corrected chi connectivity index (χ3v) is 2.59. The predicted octanol–water partition coefficient (Wildman–Crippen LogP) is 1.11. The maximum Gasteiger partial charge on any atom is 0.223 e. The number of aryl methyl sites for hydroxylation is 2. The zero-order valence-corrected chi connectivity index (χ0v) is 9.07. The highest BCUT2D eigenvalue weighted by Crippen LogP contribution is 2.28. The van der Waals surface area contributed by atoms with Gasteiger partial charge in [-0.1, -0.05) is 0 Å². The van der Waals surface area contributed by atoms with Gasteiger partial charge in [0, 0.05) is 25.2 Å². The summed E-state index contributed by atoms with van der Waals surface area (Å²) in [6.07, 6.45) is 5.06. The van der Waals surface area contributed by atoms with Gasteiger partial charge in [0.1, 0.15) is 0 Å². The van der Waals surface area contributed by atoms with Crippen molar-refractivity contribution in [2.24, 2.45) is 5.92 Å². The molecule has 4 heteroatoms. The second-order valence-corrected chi connectivity index (χ2v) is 4.14. The van der Waals surface area contributed by atoms with Crippen LogP contribution in [0, 0.1) is 12.8 Å². The topological polar surface area (TPSA) is 46.9 Å². The predicted molar refractivity (Wildman–Crippen MR) is 57.3 cm³/mol. The first-order valence-electron chi connectivity index (χ1n) is 5.53. The van der Waals surface area contributed by atoms with Gasteiger partial charge in [-0.15, -0.1) is 0 Å². The van der Waals surface area contributed by atoms with Gasteiger partial charge in [0.2, 0.25) is 5.91 Å². The van der Waals surface area contributed by atoms with Crippen LogP contribution < -0.4 is 5.32 Å². The second-order valence-electron chi connectivity index (χ2n) is 4.14. The standard InChI is InChI=1S/C11H17N3O/c1-9-5-8-14(13-9)7-2-6-12-11(15)10-3-4-10/h5,8,10H,2-4,6-7H2,1H3,(H,12,15). The van der Waals surface area contributed by atoms with E-state index in [1.807, 2.05) is 23.9 Å². The normalized spacial score (nSPS) is 15.3. The molecule has 0 aliphatic heterocycles. The number of carbonyl (C=O) groups excluding carboxylic acids is 1. The van der Waals surface area contributed by atoms with Gasteiger partial charge in [0.25, 0.3) is 0 Å². The van der Waals surface area contributed by atoms with E-state index in [0.717, 1.165) is 38.0 Å². The third-order valence-electron chi connectivity index (χ3n) is 2.59. The highest BCUT2D eigenvalue weighted by Gasteiger charge is 2.28. The molecule has 1 fully saturated rings. The fraction of sp³-hybridized carbons (Fsp3) is 0.636. The molecule has 0 bridgehead atoms. The first kappa shape index (κ1) is 10.2. The van der Waals surface area contributed by atoms with Crippen molar-refractivity contribution in [1.29, 1.82) is 0 Å². The number of hydrogen-bond donors (Lipinski definition) is 1. The average Bonchev–Trinajstić information content (AvgIpc) is 2.98. The Morgan fingerprint density at radius 3 is 3.07 bits per heavy atom. The lowest BCUT2D eigenvalue weighted by molar-refractivity contribution is -0.122. The Morgan fingerprint density at radius 1 is 1.67 bits per heavy atom. The molecule has 0 unspecified atom stereocenters. The molecule has 1 heterocycles. The summed E-state index contributed by atoms with van der Waals surface area (Å²) < 4.78 is 1.92. The van der Waals surface area contributed by atoms with Crippen LogP contribution in [0.4, 0.5) is 0 Å². The molecule has 2 rings (SSSR count). The minimum Gasteiger partial charge on any atom is -0.356 e. The molecule has 0 saturated heterocycles. The van der Waals surface area contributed by atoms with Crippen molar-refractivity contribution in [3.63, 3.8) is 0 Å². The summed E-state index contributed by atoms with van der Waals surface area (Å²) in [5.41, 5.74) is 1.04. The van der Waals surface area contributed by atoms with Gasteiger partial charge in [0.15, 0.2) is 0 Å². The van der Waals surface area contributed by atoms with Crippen LogP contribution >= 0.6 is 0 Å². The van der Waals surface area contributed by atoms with Crippen molar-refractivity contribution in [2.45, 2.75) is 32.7 Å². The third kappa shape index (κ3) is 3.08. The van der Waals surface area contributed by atoms with Crippen molar-refractivity contribution in [1.82, 2.24) is 15.1 Å². The van der Waals surface area contributed by atoms with Crippen molar-refractivity contribution < 1.29 is 4.79 Å². The molecule has 1 aromatic rings. The van der Waals surface area contributed by atoms with Gasteiger partial charge in [-0.05, 0) is 32.3 Å². The maximum absolute atomic E-state index is 11.3. The van der Waals surface area contributed by atoms with Crippen LogP contribution in [-0.4, -0.2) is 22.2 Å². The van der Waals surface area contributed by atoms with Crippen LogP contribution in [0.3, 0.4) is 0 Å². The van der Waals surface area contributed by atoms with Crippen molar-refractivity contribution in [2.75, 3.05) is 6.54 Å². The molecule has 82 valence electrons. The first-order chi connectivity index (χ1) is 7.25. The Bertz CT molecular complexity index is 341. The second kappa shape index (κ2) is 4.47. The van der Waals surface area contributed by atoms with Crippen molar-refractivity contribution >= 4 is 5.91 Å². The molecule has 1 N–H and O–H groups in total. The maximum atomic E-state index is 11.3. The molecule has 1 amide bonds. The lowest BCUT2D eigenvalue weighted by atomic mass is 10.3. The highest BCUT2D eigenvalue weighted by molar-refractivity contribution is 5.80. The Morgan fingerprint density at radius 2 is 2.47 bits per heavy atom. The molecule has 0 aromatic carbocycles. The fourth-order valence-electron chi connectivity index (χ4n) is 1.53. The molecule has 0 spiro atoms. The Labute approximate surface area is 89.7 Å². The van der Waals surface area contributed by atoms with Gasteiger partial charge in [-0.3, -0.25) is 9.48 Å². The monoisotopic (exact) mass is 207 g/mol. The highest BCUT2D eigenvalue weighted by atomic mass is 16.2. The van der Waals surface area contributed by atoms with Crippen LogP contribution in [0.25, 0.3) is 0 Å². The van der Waals surface area contributed by atoms with Gasteiger partial charge in [-0.2, -0.15) is 5.10 Å². The number of nitrogens with one attached hydrogen (secondary N) is 1. The lowest BCUT2D eigenvalue weighted by Gasteiger charge is -2.04. The van der Waals surface area contributed by atoms with E-state index in [4.69, 9.17) is 0 Å². The molecular formula is C11H17N3O. The summed E-state index contributed by atoms with van der Waals surface area (Å²) in [5, 5.41) is 7.22. The summed E-state index contributed by atoms with van der Waals surface area (Å²) in [5.74, 6) is 0.545. The van der Waals surface area contributed by atoms with E-state index in [-0.39, 0.29) is 5.91 Å². The molecule has 1 aliphatic carbocycles. The van der Waals surface area contributed by atoms with Gasteiger partial charge in [-0.25, -0.2) is 0 Å². The molecular weight excluding hydrogens is 190 g/mol. The Balaban J connectivity index is 1.60. The van der Waals surface area contributed by atoms with Crippen LogP contribution in [0.1, 0.15) is 25.0 Å². The zero-order valence-electron chi connectivity index (χ0n) is 9.07. The molecule has 15 heavy (non-hydrogen) atoms. The fourth-order valence-corrected chi connectivity index (χ4v) is 1.53. The largest absolute Gasteiger partial charge is 0.356 e. The number of nitrogens with zero attached hydrogens (tertiary/aromatic N) is 2. The zero-order chi connectivity index (χ0) is 10.7. The van der Waals surface area contributed by atoms with Crippen LogP contribution in [-0.2, 0) is 11.3 Å². The SMILES string of the molecule is Cc1ccn(CCCNC(=O)C2CC2)n1. The number of amides is 1. The average molecular weight is 207 g/mol. The summed E-state index contributed by atoms with van der Waals surface area (Å²) in [4.78, 5) is 11.3. The smallest absolute Gasteiger partial charge is 0.223 e. The molecule has 1 aliphatic rings. The molecule has 0 radical (unpaired) electrons. The van der Waals surface area contributed by atoms with Crippen LogP contribution in [0.2, 0.25) is 0 Å². The Kier molecular flexibility index (Phi) is 3.04. The summed E-state index contributed by atoms with van der Waals surface area (Å²) >= 11 is 0. The van der Waals surface area contributed by atoms with Gasteiger partial charge in [0.05, 0.1) is 5.69 Å². The van der Waals surface area contributed by atoms with Crippen LogP contribution in [0.15, 0.2) is 12.3 Å².